The molecule has 0 aliphatic carbocycles. The molecule has 2 aliphatic rings. The maximum absolute atomic E-state index is 14.2. The van der Waals surface area contributed by atoms with E-state index >= 15 is 0 Å². The number of nitrogens with one attached hydrogen (secondary N) is 2. The molecular weight excluding hydrogens is 375 g/mol. The van der Waals surface area contributed by atoms with Crippen molar-refractivity contribution in [3.05, 3.63) is 53.8 Å². The Kier molecular flexibility index (Phi) is 4.23. The maximum Gasteiger partial charge on any atom is 0.417 e. The van der Waals surface area contributed by atoms with Crippen LogP contribution < -0.4 is 20.1 Å². The van der Waals surface area contributed by atoms with Crippen molar-refractivity contribution >= 4 is 34.7 Å². The van der Waals surface area contributed by atoms with Crippen LogP contribution in [-0.2, 0) is 9.54 Å². The molecule has 0 aromatic heterocycles. The smallest absolute Gasteiger partial charge is 0.417 e. The molecule has 2 aromatic rings. The Hall–Kier alpha value is -3.07. The molecule has 2 aliphatic heterocycles. The second kappa shape index (κ2) is 6.58. The van der Waals surface area contributed by atoms with Crippen LogP contribution in [0.5, 0.6) is 11.5 Å². The minimum absolute atomic E-state index is 0.0257. The van der Waals surface area contributed by atoms with Crippen LogP contribution >= 0.6 is 11.8 Å². The molecule has 1 atom stereocenters. The predicted octanol–water partition coefficient (Wildman–Crippen LogP) is 3.40. The Morgan fingerprint density at radius 1 is 1.26 bits per heavy atom. The first-order chi connectivity index (χ1) is 13.0. The molecule has 3 amide bonds. The Balaban J connectivity index is 1.67. The third-order valence-corrected chi connectivity index (χ3v) is 5.47. The standard InChI is InChI=1S/C18H13FN2O5S/c19-10-8-12-14(25-7-6-18(12)15(22)21-17(24)27-18)13(9-10)20-16(23)26-11-4-2-1-3-5-11/h1-5,8-9H,6-7H2,(H,20,23)(H,21,22,24). The first-order valence-electron chi connectivity index (χ1n) is 8.03. The molecule has 27 heavy (non-hydrogen) atoms. The number of anilines is 1. The molecule has 2 N–H and O–H groups in total. The molecule has 1 spiro atoms. The van der Waals surface area contributed by atoms with E-state index in [1.54, 1.807) is 30.3 Å². The number of hydrogen-bond donors (Lipinski definition) is 2. The van der Waals surface area contributed by atoms with E-state index in [4.69, 9.17) is 9.47 Å². The van der Waals surface area contributed by atoms with Crippen LogP contribution in [0.3, 0.4) is 0 Å². The minimum atomic E-state index is -1.27. The summed E-state index contributed by atoms with van der Waals surface area (Å²) in [4.78, 5) is 36.2. The lowest BCUT2D eigenvalue weighted by Crippen LogP contribution is -2.39. The SMILES string of the molecule is O=C(Nc1cc(F)cc2c1OCCC21SC(=O)NC1=O)Oc1ccccc1. The van der Waals surface area contributed by atoms with Crippen LogP contribution in [0.25, 0.3) is 0 Å². The number of hydrogen-bond acceptors (Lipinski definition) is 6. The molecule has 138 valence electrons. The van der Waals surface area contributed by atoms with Gasteiger partial charge >= 0.3 is 6.09 Å². The van der Waals surface area contributed by atoms with Crippen LogP contribution in [-0.4, -0.2) is 23.8 Å². The molecule has 9 heteroatoms. The lowest BCUT2D eigenvalue weighted by atomic mass is 9.90. The zero-order valence-electron chi connectivity index (χ0n) is 13.8. The van der Waals surface area contributed by atoms with Crippen molar-refractivity contribution in [2.24, 2.45) is 0 Å². The van der Waals surface area contributed by atoms with E-state index in [1.807, 2.05) is 0 Å². The largest absolute Gasteiger partial charge is 0.491 e. The molecule has 1 fully saturated rings. The highest BCUT2D eigenvalue weighted by molar-refractivity contribution is 8.15. The minimum Gasteiger partial charge on any atom is -0.491 e. The van der Waals surface area contributed by atoms with E-state index in [1.165, 1.54) is 0 Å². The average molecular weight is 388 g/mol. The zero-order valence-corrected chi connectivity index (χ0v) is 14.6. The normalized spacial score (nSPS) is 20.6. The number of amides is 3. The van der Waals surface area contributed by atoms with Gasteiger partial charge in [0.15, 0.2) is 0 Å². The summed E-state index contributed by atoms with van der Waals surface area (Å²) in [6.45, 7) is 0.134. The number of ether oxygens (including phenoxy) is 2. The molecule has 4 rings (SSSR count). The second-order valence-corrected chi connectivity index (χ2v) is 7.20. The summed E-state index contributed by atoms with van der Waals surface area (Å²) < 4.78 is 23.7. The van der Waals surface area contributed by atoms with E-state index in [0.717, 1.165) is 23.9 Å². The van der Waals surface area contributed by atoms with Gasteiger partial charge in [-0.05, 0) is 30.0 Å². The highest BCUT2D eigenvalue weighted by Crippen LogP contribution is 2.52. The zero-order chi connectivity index (χ0) is 19.0. The number of halogens is 1. The number of carbonyl (C=O) groups is 3. The number of carbonyl (C=O) groups excluding carboxylic acids is 3. The highest BCUT2D eigenvalue weighted by Gasteiger charge is 2.53. The van der Waals surface area contributed by atoms with Gasteiger partial charge in [0.05, 0.1) is 12.3 Å². The van der Waals surface area contributed by atoms with Crippen LogP contribution in [0.4, 0.5) is 19.7 Å². The summed E-state index contributed by atoms with van der Waals surface area (Å²) in [6, 6.07) is 10.6. The van der Waals surface area contributed by atoms with Crippen molar-refractivity contribution in [3.63, 3.8) is 0 Å². The van der Waals surface area contributed by atoms with E-state index in [2.05, 4.69) is 10.6 Å². The molecule has 2 heterocycles. The third-order valence-electron chi connectivity index (χ3n) is 4.23. The number of thioether (sulfide) groups is 1. The molecule has 7 nitrogen and oxygen atoms in total. The number of para-hydroxylation sites is 1. The van der Waals surface area contributed by atoms with Crippen molar-refractivity contribution in [2.75, 3.05) is 11.9 Å². The molecule has 1 unspecified atom stereocenters. The summed E-state index contributed by atoms with van der Waals surface area (Å²) in [6.07, 6.45) is -0.628. The fraction of sp³-hybridized carbons (Fsp3) is 0.167. The Bertz CT molecular complexity index is 952. The monoisotopic (exact) mass is 388 g/mol. The van der Waals surface area contributed by atoms with Crippen molar-refractivity contribution in [1.29, 1.82) is 0 Å². The summed E-state index contributed by atoms with van der Waals surface area (Å²) in [7, 11) is 0. The molecule has 0 bridgehead atoms. The Morgan fingerprint density at radius 3 is 2.74 bits per heavy atom. The van der Waals surface area contributed by atoms with Gasteiger partial charge in [0.1, 0.15) is 22.1 Å². The quantitative estimate of drug-likeness (QED) is 0.819. The fourth-order valence-corrected chi connectivity index (χ4v) is 4.12. The lowest BCUT2D eigenvalue weighted by Gasteiger charge is -2.32. The first kappa shape index (κ1) is 17.3. The van der Waals surface area contributed by atoms with Crippen LogP contribution in [0.2, 0.25) is 0 Å². The van der Waals surface area contributed by atoms with Crippen molar-refractivity contribution in [2.45, 2.75) is 11.2 Å². The van der Waals surface area contributed by atoms with Gasteiger partial charge in [-0.25, -0.2) is 9.18 Å². The van der Waals surface area contributed by atoms with E-state index < -0.39 is 27.8 Å². The first-order valence-corrected chi connectivity index (χ1v) is 8.85. The van der Waals surface area contributed by atoms with Crippen molar-refractivity contribution in [1.82, 2.24) is 5.32 Å². The van der Waals surface area contributed by atoms with Gasteiger partial charge in [0, 0.05) is 18.1 Å². The van der Waals surface area contributed by atoms with Gasteiger partial charge in [-0.2, -0.15) is 0 Å². The van der Waals surface area contributed by atoms with E-state index in [0.29, 0.717) is 5.75 Å². The Morgan fingerprint density at radius 2 is 2.04 bits per heavy atom. The Labute approximate surface area is 157 Å². The topological polar surface area (TPSA) is 93.7 Å². The third kappa shape index (κ3) is 3.10. The fourth-order valence-electron chi connectivity index (χ4n) is 3.07. The summed E-state index contributed by atoms with van der Waals surface area (Å²) in [5, 5.41) is 4.16. The average Bonchev–Trinajstić information content (AvgIpc) is 2.90. The van der Waals surface area contributed by atoms with E-state index in [-0.39, 0.29) is 30.0 Å². The molecule has 2 aromatic carbocycles. The summed E-state index contributed by atoms with van der Waals surface area (Å²) >= 11 is 0.788. The molecular formula is C18H13FN2O5S. The van der Waals surface area contributed by atoms with Gasteiger partial charge < -0.3 is 9.47 Å². The number of fused-ring (bicyclic) bond motifs is 2. The number of rotatable bonds is 2. The molecule has 0 saturated carbocycles. The second-order valence-electron chi connectivity index (χ2n) is 5.93. The van der Waals surface area contributed by atoms with Crippen LogP contribution in [0.15, 0.2) is 42.5 Å². The molecule has 1 saturated heterocycles. The van der Waals surface area contributed by atoms with Gasteiger partial charge in [-0.1, -0.05) is 18.2 Å². The van der Waals surface area contributed by atoms with Gasteiger partial charge in [0.25, 0.3) is 5.24 Å². The van der Waals surface area contributed by atoms with Crippen LogP contribution in [0.1, 0.15) is 12.0 Å². The highest BCUT2D eigenvalue weighted by atomic mass is 32.2. The maximum atomic E-state index is 14.2. The number of benzene rings is 2. The van der Waals surface area contributed by atoms with Gasteiger partial charge in [-0.3, -0.25) is 20.2 Å². The summed E-state index contributed by atoms with van der Waals surface area (Å²) in [5.41, 5.74) is 0.231. The summed E-state index contributed by atoms with van der Waals surface area (Å²) in [5.74, 6) is -0.745. The number of imide groups is 1. The van der Waals surface area contributed by atoms with E-state index in [9.17, 15) is 18.8 Å². The van der Waals surface area contributed by atoms with Crippen molar-refractivity contribution < 1.29 is 28.2 Å². The van der Waals surface area contributed by atoms with Gasteiger partial charge in [-0.15, -0.1) is 0 Å². The van der Waals surface area contributed by atoms with Crippen LogP contribution in [0, 0.1) is 5.82 Å². The predicted molar refractivity (Wildman–Crippen MR) is 95.4 cm³/mol. The molecule has 0 radical (unpaired) electrons. The van der Waals surface area contributed by atoms with Crippen molar-refractivity contribution in [3.8, 4) is 11.5 Å². The lowest BCUT2D eigenvalue weighted by molar-refractivity contribution is -0.122. The van der Waals surface area contributed by atoms with Gasteiger partial charge in [0.2, 0.25) is 5.91 Å².